The van der Waals surface area contributed by atoms with Gasteiger partial charge in [-0.05, 0) is 19.4 Å². The molecule has 0 saturated heterocycles. The van der Waals surface area contributed by atoms with Gasteiger partial charge < -0.3 is 4.74 Å². The third kappa shape index (κ3) is 1.23. The minimum atomic E-state index is -0.526. The van der Waals surface area contributed by atoms with Crippen molar-refractivity contribution in [1.82, 2.24) is 0 Å². The second-order valence-electron chi connectivity index (χ2n) is 3.93. The van der Waals surface area contributed by atoms with Crippen molar-refractivity contribution in [2.24, 2.45) is 5.41 Å². The van der Waals surface area contributed by atoms with Crippen LogP contribution in [0.1, 0.15) is 19.4 Å². The summed E-state index contributed by atoms with van der Waals surface area (Å²) < 4.78 is 4.93. The number of cyclic esters (lactones) is 1. The molecule has 0 spiro atoms. The molecule has 1 heterocycles. The molecule has 0 radical (unpaired) electrons. The summed E-state index contributed by atoms with van der Waals surface area (Å²) in [4.78, 5) is 11.4. The van der Waals surface area contributed by atoms with Crippen LogP contribution in [-0.4, -0.2) is 5.97 Å². The summed E-state index contributed by atoms with van der Waals surface area (Å²) in [7, 11) is 0. The smallest absolute Gasteiger partial charge is 0.320 e. The molecule has 14 heavy (non-hydrogen) atoms. The summed E-state index contributed by atoms with van der Waals surface area (Å²) in [6, 6.07) is 9.82. The van der Waals surface area contributed by atoms with Crippen molar-refractivity contribution in [3.63, 3.8) is 0 Å². The summed E-state index contributed by atoms with van der Waals surface area (Å²) in [5.41, 5.74) is 1.47. The van der Waals surface area contributed by atoms with Crippen LogP contribution in [0, 0.1) is 5.41 Å². The third-order valence-corrected chi connectivity index (χ3v) is 2.55. The molecule has 0 saturated carbocycles. The highest BCUT2D eigenvalue weighted by molar-refractivity contribution is 5.96. The van der Waals surface area contributed by atoms with Crippen molar-refractivity contribution in [2.45, 2.75) is 13.8 Å². The van der Waals surface area contributed by atoms with Crippen molar-refractivity contribution in [2.75, 3.05) is 0 Å². The first kappa shape index (κ1) is 9.00. The van der Waals surface area contributed by atoms with E-state index in [1.807, 2.05) is 44.2 Å². The molecular formula is C12H12O2. The van der Waals surface area contributed by atoms with Gasteiger partial charge in [0.1, 0.15) is 0 Å². The lowest BCUT2D eigenvalue weighted by molar-refractivity contribution is -0.142. The summed E-state index contributed by atoms with van der Waals surface area (Å²) in [5.74, 6) is -0.184. The first-order valence-electron chi connectivity index (χ1n) is 4.59. The van der Waals surface area contributed by atoms with E-state index in [1.54, 1.807) is 6.26 Å². The van der Waals surface area contributed by atoms with Crippen LogP contribution in [0.4, 0.5) is 0 Å². The van der Waals surface area contributed by atoms with Gasteiger partial charge >= 0.3 is 5.97 Å². The summed E-state index contributed by atoms with van der Waals surface area (Å²) in [6.45, 7) is 3.75. The van der Waals surface area contributed by atoms with Crippen LogP contribution in [0.15, 0.2) is 36.6 Å². The lowest BCUT2D eigenvalue weighted by atomic mass is 9.82. The number of carbonyl (C=O) groups excluding carboxylic acids is 1. The number of esters is 1. The molecule has 0 atom stereocenters. The standard InChI is InChI=1S/C12H12O2/c1-12(2)10(8-14-11(12)13)9-6-4-3-5-7-9/h3-8H,1-2H3. The van der Waals surface area contributed by atoms with E-state index in [-0.39, 0.29) is 5.97 Å². The van der Waals surface area contributed by atoms with Gasteiger partial charge in [0.15, 0.2) is 0 Å². The monoisotopic (exact) mass is 188 g/mol. The number of ether oxygens (including phenoxy) is 1. The number of rotatable bonds is 1. The molecule has 0 N–H and O–H groups in total. The molecule has 2 nitrogen and oxygen atoms in total. The van der Waals surface area contributed by atoms with Crippen molar-refractivity contribution in [1.29, 1.82) is 0 Å². The first-order valence-corrected chi connectivity index (χ1v) is 4.59. The summed E-state index contributed by atoms with van der Waals surface area (Å²) in [5, 5.41) is 0. The van der Waals surface area contributed by atoms with E-state index in [2.05, 4.69) is 0 Å². The second kappa shape index (κ2) is 2.98. The Morgan fingerprint density at radius 1 is 1.14 bits per heavy atom. The Balaban J connectivity index is 2.43. The Morgan fingerprint density at radius 2 is 1.79 bits per heavy atom. The predicted molar refractivity (Wildman–Crippen MR) is 54.3 cm³/mol. The maximum atomic E-state index is 11.4. The molecule has 1 aliphatic rings. The molecule has 0 aromatic heterocycles. The molecule has 0 amide bonds. The fourth-order valence-corrected chi connectivity index (χ4v) is 1.56. The van der Waals surface area contributed by atoms with Gasteiger partial charge in [-0.2, -0.15) is 0 Å². The van der Waals surface area contributed by atoms with Crippen LogP contribution < -0.4 is 0 Å². The Hall–Kier alpha value is -1.57. The molecule has 1 aromatic carbocycles. The topological polar surface area (TPSA) is 26.3 Å². The van der Waals surface area contributed by atoms with Crippen LogP contribution in [0.3, 0.4) is 0 Å². The summed E-state index contributed by atoms with van der Waals surface area (Å²) in [6.07, 6.45) is 1.55. The number of hydrogen-bond acceptors (Lipinski definition) is 2. The highest BCUT2D eigenvalue weighted by Crippen LogP contribution is 2.39. The second-order valence-corrected chi connectivity index (χ2v) is 3.93. The van der Waals surface area contributed by atoms with E-state index in [9.17, 15) is 4.79 Å². The molecular weight excluding hydrogens is 176 g/mol. The minimum Gasteiger partial charge on any atom is -0.433 e. The van der Waals surface area contributed by atoms with E-state index in [0.29, 0.717) is 0 Å². The fraction of sp³-hybridized carbons (Fsp3) is 0.250. The average Bonchev–Trinajstić information content (AvgIpc) is 2.44. The quantitative estimate of drug-likeness (QED) is 0.633. The highest BCUT2D eigenvalue weighted by Gasteiger charge is 2.39. The van der Waals surface area contributed by atoms with E-state index < -0.39 is 5.41 Å². The first-order chi connectivity index (χ1) is 6.62. The average molecular weight is 188 g/mol. The number of hydrogen-bond donors (Lipinski definition) is 0. The lowest BCUT2D eigenvalue weighted by Crippen LogP contribution is -2.21. The van der Waals surface area contributed by atoms with Gasteiger partial charge in [-0.3, -0.25) is 4.79 Å². The van der Waals surface area contributed by atoms with Gasteiger partial charge in [-0.1, -0.05) is 30.3 Å². The largest absolute Gasteiger partial charge is 0.433 e. The van der Waals surface area contributed by atoms with Gasteiger partial charge in [0.2, 0.25) is 0 Å². The molecule has 0 unspecified atom stereocenters. The Bertz CT molecular complexity index is 388. The van der Waals surface area contributed by atoms with Crippen LogP contribution in [0.25, 0.3) is 5.57 Å². The fourth-order valence-electron chi connectivity index (χ4n) is 1.56. The predicted octanol–water partition coefficient (Wildman–Crippen LogP) is 2.61. The number of carbonyl (C=O) groups is 1. The van der Waals surface area contributed by atoms with E-state index in [1.165, 1.54) is 0 Å². The van der Waals surface area contributed by atoms with Gasteiger partial charge in [-0.25, -0.2) is 0 Å². The molecule has 0 aliphatic carbocycles. The van der Waals surface area contributed by atoms with E-state index >= 15 is 0 Å². The molecule has 0 fully saturated rings. The van der Waals surface area contributed by atoms with Crippen molar-refractivity contribution in [3.05, 3.63) is 42.2 Å². The van der Waals surface area contributed by atoms with Gasteiger partial charge in [0.25, 0.3) is 0 Å². The van der Waals surface area contributed by atoms with Gasteiger partial charge in [0, 0.05) is 5.57 Å². The normalized spacial score (nSPS) is 19.0. The molecule has 1 aliphatic heterocycles. The van der Waals surface area contributed by atoms with Crippen LogP contribution in [0.5, 0.6) is 0 Å². The molecule has 1 aromatic rings. The third-order valence-electron chi connectivity index (χ3n) is 2.55. The van der Waals surface area contributed by atoms with E-state index in [0.717, 1.165) is 11.1 Å². The molecule has 72 valence electrons. The zero-order valence-corrected chi connectivity index (χ0v) is 8.28. The van der Waals surface area contributed by atoms with Crippen LogP contribution in [-0.2, 0) is 9.53 Å². The number of benzene rings is 1. The van der Waals surface area contributed by atoms with Gasteiger partial charge in [0.05, 0.1) is 11.7 Å². The zero-order valence-electron chi connectivity index (χ0n) is 8.28. The summed E-state index contributed by atoms with van der Waals surface area (Å²) >= 11 is 0. The highest BCUT2D eigenvalue weighted by atomic mass is 16.5. The van der Waals surface area contributed by atoms with Crippen molar-refractivity contribution >= 4 is 11.5 Å². The van der Waals surface area contributed by atoms with Crippen LogP contribution in [0.2, 0.25) is 0 Å². The molecule has 0 bridgehead atoms. The maximum absolute atomic E-state index is 11.4. The molecule has 2 heteroatoms. The molecule has 2 rings (SSSR count). The van der Waals surface area contributed by atoms with E-state index in [4.69, 9.17) is 4.74 Å². The maximum Gasteiger partial charge on any atom is 0.320 e. The Morgan fingerprint density at radius 3 is 2.29 bits per heavy atom. The lowest BCUT2D eigenvalue weighted by Gasteiger charge is -2.17. The SMILES string of the molecule is CC1(C)C(=O)OC=C1c1ccccc1. The van der Waals surface area contributed by atoms with Gasteiger partial charge in [-0.15, -0.1) is 0 Å². The van der Waals surface area contributed by atoms with Crippen molar-refractivity contribution < 1.29 is 9.53 Å². The van der Waals surface area contributed by atoms with Crippen LogP contribution >= 0.6 is 0 Å². The Kier molecular flexibility index (Phi) is 1.92. The van der Waals surface area contributed by atoms with Crippen molar-refractivity contribution in [3.8, 4) is 0 Å². The zero-order chi connectivity index (χ0) is 10.2. The minimum absolute atomic E-state index is 0.184. The Labute approximate surface area is 83.2 Å².